The summed E-state index contributed by atoms with van der Waals surface area (Å²) in [4.78, 5) is 13.1. The normalized spacial score (nSPS) is 15.2. The number of carbonyl (C=O) groups is 1. The molecule has 2 aromatic rings. The molecule has 6 nitrogen and oxygen atoms in total. The lowest BCUT2D eigenvalue weighted by Gasteiger charge is -2.26. The number of aryl methyl sites for hydroxylation is 1. The van der Waals surface area contributed by atoms with E-state index < -0.39 is 0 Å². The summed E-state index contributed by atoms with van der Waals surface area (Å²) in [5, 5.41) is 16.0. The van der Waals surface area contributed by atoms with Crippen LogP contribution in [0.2, 0.25) is 0 Å². The van der Waals surface area contributed by atoms with E-state index in [2.05, 4.69) is 20.9 Å². The van der Waals surface area contributed by atoms with Crippen LogP contribution in [-0.2, 0) is 6.54 Å². The van der Waals surface area contributed by atoms with Crippen molar-refractivity contribution in [2.75, 3.05) is 13.1 Å². The summed E-state index contributed by atoms with van der Waals surface area (Å²) in [6, 6.07) is 2.38. The first-order chi connectivity index (χ1) is 9.24. The largest absolute Gasteiger partial charge is 0.346 e. The van der Waals surface area contributed by atoms with Crippen LogP contribution in [0.25, 0.3) is 0 Å². The van der Waals surface area contributed by atoms with Crippen LogP contribution in [0.3, 0.4) is 0 Å². The second kappa shape index (κ2) is 5.10. The molecule has 0 aliphatic carbocycles. The number of nitrogens with zero attached hydrogens (tertiary/aromatic N) is 3. The number of amides is 1. The minimum absolute atomic E-state index is 0.175. The van der Waals surface area contributed by atoms with Gasteiger partial charge in [-0.25, -0.2) is 4.68 Å². The summed E-state index contributed by atoms with van der Waals surface area (Å²) in [6.45, 7) is 4.36. The highest BCUT2D eigenvalue weighted by atomic mass is 32.1. The van der Waals surface area contributed by atoms with Crippen molar-refractivity contribution in [2.24, 2.45) is 0 Å². The molecule has 0 aromatic carbocycles. The van der Waals surface area contributed by atoms with Gasteiger partial charge in [-0.2, -0.15) is 0 Å². The van der Waals surface area contributed by atoms with Crippen LogP contribution in [0, 0.1) is 6.92 Å². The van der Waals surface area contributed by atoms with E-state index in [1.165, 1.54) is 10.4 Å². The minimum atomic E-state index is -0.175. The predicted molar refractivity (Wildman–Crippen MR) is 72.2 cm³/mol. The summed E-state index contributed by atoms with van der Waals surface area (Å²) in [5.41, 5.74) is 1.58. The molecular formula is C12H15N5OS. The number of hydrogen-bond donors (Lipinski definition) is 2. The van der Waals surface area contributed by atoms with Gasteiger partial charge in [-0.3, -0.25) is 4.79 Å². The van der Waals surface area contributed by atoms with E-state index >= 15 is 0 Å². The molecule has 0 spiro atoms. The van der Waals surface area contributed by atoms with Crippen LogP contribution in [0.4, 0.5) is 0 Å². The second-order valence-corrected chi connectivity index (χ2v) is 5.61. The van der Waals surface area contributed by atoms with Crippen LogP contribution < -0.4 is 10.6 Å². The summed E-state index contributed by atoms with van der Waals surface area (Å²) in [7, 11) is 0. The van der Waals surface area contributed by atoms with Crippen molar-refractivity contribution in [1.82, 2.24) is 25.6 Å². The third-order valence-electron chi connectivity index (χ3n) is 3.25. The number of rotatable bonds is 4. The molecule has 1 amide bonds. The standard InChI is InChI=1S/C12H15N5OS/c1-8-2-3-19-11(8)6-14-12(18)10-7-17(16-15-10)9-4-13-5-9/h2-3,7,9,13H,4-6H2,1H3,(H,14,18). The number of nitrogens with one attached hydrogen (secondary N) is 2. The highest BCUT2D eigenvalue weighted by molar-refractivity contribution is 7.10. The van der Waals surface area contributed by atoms with Gasteiger partial charge in [0, 0.05) is 18.0 Å². The Morgan fingerprint density at radius 1 is 1.63 bits per heavy atom. The highest BCUT2D eigenvalue weighted by Crippen LogP contribution is 2.15. The molecule has 100 valence electrons. The molecular weight excluding hydrogens is 262 g/mol. The maximum Gasteiger partial charge on any atom is 0.273 e. The lowest BCUT2D eigenvalue weighted by atomic mass is 10.2. The second-order valence-electron chi connectivity index (χ2n) is 4.61. The van der Waals surface area contributed by atoms with E-state index in [1.807, 2.05) is 18.4 Å². The van der Waals surface area contributed by atoms with Crippen molar-refractivity contribution in [3.8, 4) is 0 Å². The number of aromatic nitrogens is 3. The van der Waals surface area contributed by atoms with Crippen molar-refractivity contribution in [1.29, 1.82) is 0 Å². The van der Waals surface area contributed by atoms with Gasteiger partial charge in [0.25, 0.3) is 5.91 Å². The fraction of sp³-hybridized carbons (Fsp3) is 0.417. The molecule has 0 saturated carbocycles. The number of carbonyl (C=O) groups excluding carboxylic acids is 1. The zero-order valence-corrected chi connectivity index (χ0v) is 11.4. The molecule has 3 rings (SSSR count). The third kappa shape index (κ3) is 2.52. The Bertz CT molecular complexity index is 586. The zero-order valence-electron chi connectivity index (χ0n) is 10.6. The molecule has 1 aliphatic rings. The molecule has 0 radical (unpaired) electrons. The van der Waals surface area contributed by atoms with Crippen molar-refractivity contribution in [3.63, 3.8) is 0 Å². The van der Waals surface area contributed by atoms with Gasteiger partial charge >= 0.3 is 0 Å². The lowest BCUT2D eigenvalue weighted by molar-refractivity contribution is 0.0946. The van der Waals surface area contributed by atoms with Crippen LogP contribution in [0.1, 0.15) is 27.0 Å². The lowest BCUT2D eigenvalue weighted by Crippen LogP contribution is -2.43. The van der Waals surface area contributed by atoms with Gasteiger partial charge in [0.05, 0.1) is 18.8 Å². The molecule has 2 aromatic heterocycles. The summed E-state index contributed by atoms with van der Waals surface area (Å²) >= 11 is 1.65. The number of hydrogen-bond acceptors (Lipinski definition) is 5. The maximum atomic E-state index is 12.0. The van der Waals surface area contributed by atoms with Gasteiger partial charge in [0.15, 0.2) is 5.69 Å². The topological polar surface area (TPSA) is 71.8 Å². The molecule has 1 aliphatic heterocycles. The molecule has 1 saturated heterocycles. The van der Waals surface area contributed by atoms with Crippen LogP contribution in [-0.4, -0.2) is 34.0 Å². The van der Waals surface area contributed by atoms with Crippen molar-refractivity contribution in [3.05, 3.63) is 33.8 Å². The predicted octanol–water partition coefficient (Wildman–Crippen LogP) is 0.722. The first kappa shape index (κ1) is 12.3. The molecule has 7 heteroatoms. The van der Waals surface area contributed by atoms with E-state index in [1.54, 1.807) is 22.2 Å². The van der Waals surface area contributed by atoms with E-state index in [-0.39, 0.29) is 5.91 Å². The molecule has 0 atom stereocenters. The molecule has 19 heavy (non-hydrogen) atoms. The Hall–Kier alpha value is -1.73. The fourth-order valence-electron chi connectivity index (χ4n) is 1.86. The molecule has 2 N–H and O–H groups in total. The minimum Gasteiger partial charge on any atom is -0.346 e. The first-order valence-corrected chi connectivity index (χ1v) is 7.06. The Kier molecular flexibility index (Phi) is 3.31. The zero-order chi connectivity index (χ0) is 13.2. The van der Waals surface area contributed by atoms with Crippen LogP contribution in [0.5, 0.6) is 0 Å². The Labute approximate surface area is 114 Å². The van der Waals surface area contributed by atoms with Crippen molar-refractivity contribution >= 4 is 17.2 Å². The summed E-state index contributed by atoms with van der Waals surface area (Å²) in [6.07, 6.45) is 1.71. The average molecular weight is 277 g/mol. The highest BCUT2D eigenvalue weighted by Gasteiger charge is 2.21. The van der Waals surface area contributed by atoms with Gasteiger partial charge in [-0.15, -0.1) is 16.4 Å². The molecule has 1 fully saturated rings. The summed E-state index contributed by atoms with van der Waals surface area (Å²) in [5.74, 6) is -0.175. The molecule has 3 heterocycles. The van der Waals surface area contributed by atoms with E-state index in [9.17, 15) is 4.79 Å². The third-order valence-corrected chi connectivity index (χ3v) is 4.28. The maximum absolute atomic E-state index is 12.0. The smallest absolute Gasteiger partial charge is 0.273 e. The van der Waals surface area contributed by atoms with Gasteiger partial charge < -0.3 is 10.6 Å². The Balaban J connectivity index is 1.60. The van der Waals surface area contributed by atoms with Gasteiger partial charge in [-0.05, 0) is 23.9 Å². The van der Waals surface area contributed by atoms with Crippen LogP contribution >= 0.6 is 11.3 Å². The first-order valence-electron chi connectivity index (χ1n) is 6.18. The van der Waals surface area contributed by atoms with Gasteiger partial charge in [0.2, 0.25) is 0 Å². The van der Waals surface area contributed by atoms with Crippen LogP contribution in [0.15, 0.2) is 17.6 Å². The van der Waals surface area contributed by atoms with E-state index in [0.29, 0.717) is 18.3 Å². The Morgan fingerprint density at radius 2 is 2.47 bits per heavy atom. The number of thiophene rings is 1. The van der Waals surface area contributed by atoms with Gasteiger partial charge in [-0.1, -0.05) is 5.21 Å². The van der Waals surface area contributed by atoms with E-state index in [0.717, 1.165) is 13.1 Å². The molecule has 0 unspecified atom stereocenters. The molecule has 0 bridgehead atoms. The summed E-state index contributed by atoms with van der Waals surface area (Å²) < 4.78 is 1.75. The average Bonchev–Trinajstić information content (AvgIpc) is 2.94. The van der Waals surface area contributed by atoms with E-state index in [4.69, 9.17) is 0 Å². The quantitative estimate of drug-likeness (QED) is 0.864. The monoisotopic (exact) mass is 277 g/mol. The SMILES string of the molecule is Cc1ccsc1CNC(=O)c1cn(C2CNC2)nn1. The Morgan fingerprint density at radius 3 is 3.11 bits per heavy atom. The van der Waals surface area contributed by atoms with Crippen molar-refractivity contribution in [2.45, 2.75) is 19.5 Å². The van der Waals surface area contributed by atoms with Crippen molar-refractivity contribution < 1.29 is 4.79 Å². The van der Waals surface area contributed by atoms with Gasteiger partial charge in [0.1, 0.15) is 0 Å². The fourth-order valence-corrected chi connectivity index (χ4v) is 2.70.